The fourth-order valence-electron chi connectivity index (χ4n) is 4.41. The average Bonchev–Trinajstić information content (AvgIpc) is 3.39. The molecule has 0 N–H and O–H groups in total. The van der Waals surface area contributed by atoms with Gasteiger partial charge in [0, 0.05) is 35.5 Å². The van der Waals surface area contributed by atoms with Crippen LogP contribution >= 0.6 is 55.1 Å². The Labute approximate surface area is 266 Å². The van der Waals surface area contributed by atoms with E-state index in [4.69, 9.17) is 42.1 Å². The second-order valence-corrected chi connectivity index (χ2v) is 11.8. The Kier molecular flexibility index (Phi) is 8.09. The van der Waals surface area contributed by atoms with Crippen LogP contribution in [0.1, 0.15) is 11.1 Å². The molecule has 2 heterocycles. The van der Waals surface area contributed by atoms with Crippen LogP contribution in [0, 0.1) is 0 Å². The van der Waals surface area contributed by atoms with Crippen LogP contribution in [0.25, 0.3) is 33.5 Å². The van der Waals surface area contributed by atoms with Crippen molar-refractivity contribution in [3.8, 4) is 23.1 Å². The normalized spacial score (nSPS) is 11.5. The standard InChI is InChI=1S/C31H19Br2Cl2N3O4/c1-40-27-13-21(33)11-19(29(27)41-16-17-6-8-22(34)14-24(17)35)15-36-38-30(37-25-5-3-2-4-23(25)31(38)39)28-12-18-10-20(32)7-9-26(18)42-28/h2-15H,16H2,1H3. The Morgan fingerprint density at radius 2 is 1.83 bits per heavy atom. The van der Waals surface area contributed by atoms with Crippen LogP contribution in [-0.4, -0.2) is 23.0 Å². The summed E-state index contributed by atoms with van der Waals surface area (Å²) in [6, 6.07) is 23.4. The van der Waals surface area contributed by atoms with E-state index in [-0.39, 0.29) is 18.0 Å². The number of para-hydroxylation sites is 1. The third kappa shape index (κ3) is 5.70. The van der Waals surface area contributed by atoms with Gasteiger partial charge in [0.2, 0.25) is 5.82 Å². The van der Waals surface area contributed by atoms with Crippen LogP contribution in [0.3, 0.4) is 0 Å². The molecule has 2 aromatic heterocycles. The molecule has 7 nitrogen and oxygen atoms in total. The number of hydrogen-bond acceptors (Lipinski definition) is 6. The predicted molar refractivity (Wildman–Crippen MR) is 173 cm³/mol. The summed E-state index contributed by atoms with van der Waals surface area (Å²) in [4.78, 5) is 18.5. The SMILES string of the molecule is COc1cc(Br)cc(C=Nn2c(-c3cc4cc(Br)ccc4o3)nc3ccccc3c2=O)c1OCc1ccc(Cl)cc1Cl. The van der Waals surface area contributed by atoms with Crippen molar-refractivity contribution in [1.29, 1.82) is 0 Å². The predicted octanol–water partition coefficient (Wildman–Crippen LogP) is 9.11. The first-order chi connectivity index (χ1) is 20.3. The zero-order valence-corrected chi connectivity index (χ0v) is 26.5. The van der Waals surface area contributed by atoms with Crippen LogP contribution in [-0.2, 0) is 6.61 Å². The summed E-state index contributed by atoms with van der Waals surface area (Å²) < 4.78 is 20.7. The van der Waals surface area contributed by atoms with Gasteiger partial charge in [-0.15, -0.1) is 0 Å². The van der Waals surface area contributed by atoms with Crippen LogP contribution in [0.5, 0.6) is 11.5 Å². The summed E-state index contributed by atoms with van der Waals surface area (Å²) in [5, 5.41) is 6.87. The molecule has 0 saturated carbocycles. The molecule has 0 amide bonds. The fourth-order valence-corrected chi connectivity index (χ4v) is 5.71. The lowest BCUT2D eigenvalue weighted by molar-refractivity contribution is 0.284. The molecule has 0 spiro atoms. The second-order valence-electron chi connectivity index (χ2n) is 9.16. The van der Waals surface area contributed by atoms with Gasteiger partial charge in [-0.05, 0) is 60.7 Å². The molecule has 0 bridgehead atoms. The second kappa shape index (κ2) is 11.9. The molecule has 42 heavy (non-hydrogen) atoms. The minimum Gasteiger partial charge on any atom is -0.493 e. The average molecular weight is 728 g/mol. The summed E-state index contributed by atoms with van der Waals surface area (Å²) in [6.07, 6.45) is 1.52. The van der Waals surface area contributed by atoms with Crippen LogP contribution in [0.2, 0.25) is 10.0 Å². The largest absolute Gasteiger partial charge is 0.493 e. The summed E-state index contributed by atoms with van der Waals surface area (Å²) in [6.45, 7) is 0.145. The van der Waals surface area contributed by atoms with Crippen LogP contribution in [0.15, 0.2) is 102 Å². The third-order valence-electron chi connectivity index (χ3n) is 6.42. The number of fused-ring (bicyclic) bond motifs is 2. The Hall–Kier alpha value is -3.63. The van der Waals surface area contributed by atoms with E-state index < -0.39 is 0 Å². The lowest BCUT2D eigenvalue weighted by atomic mass is 10.2. The third-order valence-corrected chi connectivity index (χ3v) is 7.96. The Bertz CT molecular complexity index is 2070. The molecular weight excluding hydrogens is 709 g/mol. The van der Waals surface area contributed by atoms with E-state index in [0.717, 1.165) is 19.9 Å². The van der Waals surface area contributed by atoms with E-state index >= 15 is 0 Å². The highest BCUT2D eigenvalue weighted by Crippen LogP contribution is 2.36. The van der Waals surface area contributed by atoms with E-state index in [0.29, 0.717) is 49.4 Å². The Morgan fingerprint density at radius 1 is 1.00 bits per heavy atom. The number of halogens is 4. The molecule has 6 rings (SSSR count). The molecule has 0 saturated heterocycles. The van der Waals surface area contributed by atoms with Crippen molar-refractivity contribution in [2.75, 3.05) is 7.11 Å². The van der Waals surface area contributed by atoms with Crippen molar-refractivity contribution in [2.24, 2.45) is 5.10 Å². The number of methoxy groups -OCH3 is 1. The molecule has 11 heteroatoms. The van der Waals surface area contributed by atoms with E-state index in [9.17, 15) is 4.79 Å². The van der Waals surface area contributed by atoms with Crippen molar-refractivity contribution in [3.05, 3.63) is 119 Å². The summed E-state index contributed by atoms with van der Waals surface area (Å²) in [7, 11) is 1.54. The number of ether oxygens (including phenoxy) is 2. The maximum Gasteiger partial charge on any atom is 0.282 e. The van der Waals surface area contributed by atoms with E-state index in [2.05, 4.69) is 37.0 Å². The molecule has 0 aliphatic heterocycles. The van der Waals surface area contributed by atoms with Gasteiger partial charge >= 0.3 is 0 Å². The van der Waals surface area contributed by atoms with Gasteiger partial charge in [0.15, 0.2) is 17.3 Å². The number of hydrogen-bond donors (Lipinski definition) is 0. The van der Waals surface area contributed by atoms with Gasteiger partial charge in [-0.1, -0.05) is 73.3 Å². The summed E-state index contributed by atoms with van der Waals surface area (Å²) >= 11 is 19.4. The monoisotopic (exact) mass is 725 g/mol. The quantitative estimate of drug-likeness (QED) is 0.153. The highest BCUT2D eigenvalue weighted by atomic mass is 79.9. The summed E-state index contributed by atoms with van der Waals surface area (Å²) in [5.41, 5.74) is 2.11. The topological polar surface area (TPSA) is 78.9 Å². The zero-order chi connectivity index (χ0) is 29.4. The number of nitrogens with zero attached hydrogens (tertiary/aromatic N) is 3. The van der Waals surface area contributed by atoms with Gasteiger partial charge < -0.3 is 13.9 Å². The van der Waals surface area contributed by atoms with Gasteiger partial charge in [0.1, 0.15) is 12.2 Å². The number of furan rings is 1. The van der Waals surface area contributed by atoms with Crippen molar-refractivity contribution >= 4 is 83.1 Å². The molecule has 4 aromatic carbocycles. The lowest BCUT2D eigenvalue weighted by Crippen LogP contribution is -2.20. The maximum absolute atomic E-state index is 13.7. The molecule has 6 aromatic rings. The molecule has 0 unspecified atom stereocenters. The van der Waals surface area contributed by atoms with Crippen molar-refractivity contribution < 1.29 is 13.9 Å². The first kappa shape index (κ1) is 28.5. The number of benzene rings is 4. The minimum atomic E-state index is -0.356. The fraction of sp³-hybridized carbons (Fsp3) is 0.0645. The highest BCUT2D eigenvalue weighted by Gasteiger charge is 2.18. The Balaban J connectivity index is 1.47. The first-order valence-corrected chi connectivity index (χ1v) is 14.8. The highest BCUT2D eigenvalue weighted by molar-refractivity contribution is 9.10. The summed E-state index contributed by atoms with van der Waals surface area (Å²) in [5.74, 6) is 1.51. The van der Waals surface area contributed by atoms with Gasteiger partial charge in [-0.2, -0.15) is 9.78 Å². The van der Waals surface area contributed by atoms with Crippen LogP contribution in [0.4, 0.5) is 0 Å². The van der Waals surface area contributed by atoms with Gasteiger partial charge in [-0.3, -0.25) is 4.79 Å². The van der Waals surface area contributed by atoms with Crippen molar-refractivity contribution in [2.45, 2.75) is 6.61 Å². The maximum atomic E-state index is 13.7. The lowest BCUT2D eigenvalue weighted by Gasteiger charge is -2.15. The molecule has 0 radical (unpaired) electrons. The van der Waals surface area contributed by atoms with Gasteiger partial charge in [0.05, 0.1) is 24.2 Å². The minimum absolute atomic E-state index is 0.145. The van der Waals surface area contributed by atoms with E-state index in [1.807, 2.05) is 36.4 Å². The van der Waals surface area contributed by atoms with Crippen LogP contribution < -0.4 is 15.0 Å². The van der Waals surface area contributed by atoms with E-state index in [1.54, 1.807) is 49.6 Å². The van der Waals surface area contributed by atoms with Crippen molar-refractivity contribution in [3.63, 3.8) is 0 Å². The van der Waals surface area contributed by atoms with E-state index in [1.165, 1.54) is 10.9 Å². The molecular formula is C31H19Br2Cl2N3O4. The molecule has 0 atom stereocenters. The Morgan fingerprint density at radius 3 is 2.64 bits per heavy atom. The number of rotatable bonds is 7. The van der Waals surface area contributed by atoms with Crippen molar-refractivity contribution in [1.82, 2.24) is 9.66 Å². The molecule has 0 aliphatic rings. The first-order valence-electron chi connectivity index (χ1n) is 12.5. The molecule has 0 fully saturated rings. The molecule has 210 valence electrons. The zero-order valence-electron chi connectivity index (χ0n) is 21.8. The van der Waals surface area contributed by atoms with Gasteiger partial charge in [0.25, 0.3) is 5.56 Å². The molecule has 0 aliphatic carbocycles. The van der Waals surface area contributed by atoms with Gasteiger partial charge in [-0.25, -0.2) is 4.98 Å². The smallest absolute Gasteiger partial charge is 0.282 e. The number of aromatic nitrogens is 2.